The summed E-state index contributed by atoms with van der Waals surface area (Å²) in [5.41, 5.74) is -7.59. The second kappa shape index (κ2) is 9.53. The molecule has 0 fully saturated rings. The van der Waals surface area contributed by atoms with Crippen molar-refractivity contribution in [1.82, 2.24) is 0 Å². The molecule has 0 N–H and O–H groups in total. The van der Waals surface area contributed by atoms with Gasteiger partial charge in [-0.1, -0.05) is 48.5 Å². The third-order valence-corrected chi connectivity index (χ3v) is 8.48. The second-order valence-corrected chi connectivity index (χ2v) is 11.0. The predicted octanol–water partition coefficient (Wildman–Crippen LogP) is 6.35. The van der Waals surface area contributed by atoms with Gasteiger partial charge in [0.15, 0.2) is 0 Å². The fourth-order valence-corrected chi connectivity index (χ4v) is 4.95. The molecule has 0 aliphatic heterocycles. The number of hydrogen-bond donors (Lipinski definition) is 0. The van der Waals surface area contributed by atoms with E-state index in [0.29, 0.717) is 11.1 Å². The van der Waals surface area contributed by atoms with Crippen molar-refractivity contribution in [2.24, 2.45) is 0 Å². The molecule has 0 saturated heterocycles. The van der Waals surface area contributed by atoms with Gasteiger partial charge in [0.25, 0.3) is 0 Å². The van der Waals surface area contributed by atoms with E-state index in [-0.39, 0.29) is 6.42 Å². The number of alkyl halides is 4. The van der Waals surface area contributed by atoms with Crippen LogP contribution in [0.3, 0.4) is 0 Å². The van der Waals surface area contributed by atoms with Gasteiger partial charge in [0.2, 0.25) is 0 Å². The minimum atomic E-state index is -4.68. The largest absolute Gasteiger partial charge is 0.403 e. The Labute approximate surface area is 177 Å². The van der Waals surface area contributed by atoms with Crippen LogP contribution in [-0.2, 0) is 45.0 Å². The van der Waals surface area contributed by atoms with E-state index < -0.39 is 37.6 Å². The highest BCUT2D eigenvalue weighted by atomic mass is 31.2. The zero-order valence-electron chi connectivity index (χ0n) is 17.2. The first kappa shape index (κ1) is 25.7. The highest BCUT2D eigenvalue weighted by Gasteiger charge is 2.54. The maximum Gasteiger partial charge on any atom is 0.403 e. The van der Waals surface area contributed by atoms with Gasteiger partial charge in [0.1, 0.15) is 0 Å². The summed E-state index contributed by atoms with van der Waals surface area (Å²) in [6.45, 7) is 0. The average molecular weight is 484 g/mol. The molecule has 0 spiro atoms. The van der Waals surface area contributed by atoms with Gasteiger partial charge in [0.05, 0.1) is 0 Å². The Morgan fingerprint density at radius 2 is 0.871 bits per heavy atom. The van der Waals surface area contributed by atoms with Gasteiger partial charge in [-0.3, -0.25) is 9.13 Å². The zero-order chi connectivity index (χ0) is 23.5. The molecule has 0 amide bonds. The summed E-state index contributed by atoms with van der Waals surface area (Å²) < 4.78 is 99.5. The molecule has 12 heteroatoms. The van der Waals surface area contributed by atoms with E-state index in [1.807, 2.05) is 0 Å². The third kappa shape index (κ3) is 4.80. The molecule has 0 aromatic heterocycles. The molecule has 31 heavy (non-hydrogen) atoms. The third-order valence-electron chi connectivity index (χ3n) is 4.66. The van der Waals surface area contributed by atoms with Gasteiger partial charge in [-0.05, 0) is 17.5 Å². The lowest BCUT2D eigenvalue weighted by molar-refractivity contribution is 0.0453. The average Bonchev–Trinajstić information content (AvgIpc) is 2.78. The molecule has 0 unspecified atom stereocenters. The molecule has 2 aromatic carbocycles. The molecule has 0 atom stereocenters. The van der Waals surface area contributed by atoms with E-state index in [0.717, 1.165) is 52.7 Å². The SMILES string of the molecule is COP(=O)(OC)C(F)(F)c1ccc(Cc2ccc(C(F)(F)P(=O)(OC)OC)cc2)cc1. The number of halogens is 4. The van der Waals surface area contributed by atoms with E-state index >= 15 is 0 Å². The molecular formula is C19H22F4O6P2. The Morgan fingerprint density at radius 1 is 0.613 bits per heavy atom. The van der Waals surface area contributed by atoms with E-state index in [2.05, 4.69) is 18.1 Å². The molecule has 2 rings (SSSR count). The summed E-state index contributed by atoms with van der Waals surface area (Å²) in [5.74, 6) is 0. The molecule has 0 bridgehead atoms. The summed E-state index contributed by atoms with van der Waals surface area (Å²) in [6, 6.07) is 9.95. The molecule has 6 nitrogen and oxygen atoms in total. The summed E-state index contributed by atoms with van der Waals surface area (Å²) in [4.78, 5) is 0. The lowest BCUT2D eigenvalue weighted by Gasteiger charge is -2.24. The fourth-order valence-electron chi connectivity index (χ4n) is 2.81. The van der Waals surface area contributed by atoms with Gasteiger partial charge >= 0.3 is 26.5 Å². The predicted molar refractivity (Wildman–Crippen MR) is 107 cm³/mol. The maximum absolute atomic E-state index is 14.4. The smallest absolute Gasteiger partial charge is 0.308 e. The van der Waals surface area contributed by atoms with Crippen LogP contribution in [0, 0.1) is 0 Å². The summed E-state index contributed by atoms with van der Waals surface area (Å²) in [5, 5.41) is 0. The van der Waals surface area contributed by atoms with Crippen LogP contribution in [0.15, 0.2) is 48.5 Å². The van der Waals surface area contributed by atoms with E-state index in [1.54, 1.807) is 0 Å². The summed E-state index contributed by atoms with van der Waals surface area (Å²) in [7, 11) is -5.86. The fraction of sp³-hybridized carbons (Fsp3) is 0.368. The Balaban J connectivity index is 2.22. The molecule has 0 heterocycles. The maximum atomic E-state index is 14.4. The quantitative estimate of drug-likeness (QED) is 0.289. The summed E-state index contributed by atoms with van der Waals surface area (Å²) >= 11 is 0. The lowest BCUT2D eigenvalue weighted by atomic mass is 10.0. The van der Waals surface area contributed by atoms with Gasteiger partial charge < -0.3 is 18.1 Å². The first-order valence-corrected chi connectivity index (χ1v) is 11.9. The van der Waals surface area contributed by atoms with Gasteiger partial charge in [0, 0.05) is 39.6 Å². The van der Waals surface area contributed by atoms with Crippen LogP contribution in [0.5, 0.6) is 0 Å². The normalized spacial score (nSPS) is 13.4. The van der Waals surface area contributed by atoms with E-state index in [4.69, 9.17) is 0 Å². The first-order valence-electron chi connectivity index (χ1n) is 8.78. The van der Waals surface area contributed by atoms with Crippen LogP contribution in [0.25, 0.3) is 0 Å². The first-order chi connectivity index (χ1) is 14.4. The number of hydrogen-bond acceptors (Lipinski definition) is 6. The summed E-state index contributed by atoms with van der Waals surface area (Å²) in [6.07, 6.45) is 0.246. The van der Waals surface area contributed by atoms with Crippen molar-refractivity contribution >= 4 is 15.2 Å². The van der Waals surface area contributed by atoms with E-state index in [9.17, 15) is 26.7 Å². The van der Waals surface area contributed by atoms with Crippen molar-refractivity contribution in [3.05, 3.63) is 70.8 Å². The van der Waals surface area contributed by atoms with Crippen molar-refractivity contribution < 1.29 is 44.8 Å². The Bertz CT molecular complexity index is 884. The Hall–Kier alpha value is -1.54. The molecule has 2 aromatic rings. The lowest BCUT2D eigenvalue weighted by Crippen LogP contribution is -2.16. The Morgan fingerprint density at radius 3 is 1.10 bits per heavy atom. The number of rotatable bonds is 10. The van der Waals surface area contributed by atoms with Crippen LogP contribution >= 0.6 is 15.2 Å². The number of benzene rings is 2. The molecule has 0 radical (unpaired) electrons. The van der Waals surface area contributed by atoms with E-state index in [1.165, 1.54) is 24.3 Å². The van der Waals surface area contributed by atoms with Crippen LogP contribution in [0.4, 0.5) is 17.6 Å². The van der Waals surface area contributed by atoms with Crippen molar-refractivity contribution in [3.63, 3.8) is 0 Å². The second-order valence-electron chi connectivity index (χ2n) is 6.38. The van der Waals surface area contributed by atoms with Crippen LogP contribution in [-0.4, -0.2) is 28.4 Å². The minimum absolute atomic E-state index is 0.246. The molecule has 172 valence electrons. The highest BCUT2D eigenvalue weighted by Crippen LogP contribution is 2.66. The van der Waals surface area contributed by atoms with Gasteiger partial charge in [-0.2, -0.15) is 17.6 Å². The van der Waals surface area contributed by atoms with Crippen molar-refractivity contribution in [2.45, 2.75) is 17.7 Å². The Kier molecular flexibility index (Phi) is 7.90. The van der Waals surface area contributed by atoms with Crippen molar-refractivity contribution in [3.8, 4) is 0 Å². The van der Waals surface area contributed by atoms with Crippen LogP contribution < -0.4 is 0 Å². The molecule has 0 aliphatic rings. The van der Waals surface area contributed by atoms with Gasteiger partial charge in [-0.15, -0.1) is 0 Å². The molecular weight excluding hydrogens is 462 g/mol. The minimum Gasteiger partial charge on any atom is -0.308 e. The zero-order valence-corrected chi connectivity index (χ0v) is 19.0. The molecule has 0 aliphatic carbocycles. The van der Waals surface area contributed by atoms with Crippen molar-refractivity contribution in [1.29, 1.82) is 0 Å². The monoisotopic (exact) mass is 484 g/mol. The van der Waals surface area contributed by atoms with Crippen molar-refractivity contribution in [2.75, 3.05) is 28.4 Å². The highest BCUT2D eigenvalue weighted by molar-refractivity contribution is 7.55. The van der Waals surface area contributed by atoms with Crippen LogP contribution in [0.2, 0.25) is 0 Å². The molecule has 0 saturated carbocycles. The van der Waals surface area contributed by atoms with Gasteiger partial charge in [-0.25, -0.2) is 0 Å². The topological polar surface area (TPSA) is 71.1 Å². The van der Waals surface area contributed by atoms with Crippen LogP contribution in [0.1, 0.15) is 22.3 Å². The standard InChI is InChI=1S/C19H22F4O6P2/c1-26-30(24,27-2)18(20,21)16-9-5-14(6-10-16)13-15-7-11-17(12-8-15)19(22,23)31(25,28-3)29-4/h5-12H,13H2,1-4H3.